The van der Waals surface area contributed by atoms with Crippen LogP contribution in [-0.2, 0) is 11.3 Å². The Morgan fingerprint density at radius 2 is 2.09 bits per heavy atom. The first-order chi connectivity index (χ1) is 10.7. The molecule has 3 rings (SSSR count). The second-order valence-corrected chi connectivity index (χ2v) is 6.72. The molecule has 3 heterocycles. The fourth-order valence-corrected chi connectivity index (χ4v) is 2.31. The molecule has 2 aromatic heterocycles. The zero-order valence-corrected chi connectivity index (χ0v) is 13.4. The van der Waals surface area contributed by atoms with Gasteiger partial charge in [0.05, 0.1) is 18.4 Å². The lowest BCUT2D eigenvalue weighted by Gasteiger charge is -2.35. The molecule has 0 aromatic carbocycles. The van der Waals surface area contributed by atoms with E-state index in [0.29, 0.717) is 5.56 Å². The fourth-order valence-electron chi connectivity index (χ4n) is 2.31. The third kappa shape index (κ3) is 2.39. The van der Waals surface area contributed by atoms with Crippen molar-refractivity contribution in [1.29, 1.82) is 0 Å². The standard InChI is InChI=1S/C15H18N4O4/c1-14(2,3)15(4)12(20)19(13(21)17-15)7-10-16-11(23-18-10)9-5-6-22-8-9/h5-6,8H,7H2,1-4H3,(H,17,21)/t15-/m0/s1. The average molecular weight is 318 g/mol. The van der Waals surface area contributed by atoms with Crippen molar-refractivity contribution in [2.45, 2.75) is 39.8 Å². The van der Waals surface area contributed by atoms with E-state index in [-0.39, 0.29) is 24.2 Å². The summed E-state index contributed by atoms with van der Waals surface area (Å²) in [6.07, 6.45) is 2.97. The summed E-state index contributed by atoms with van der Waals surface area (Å²) in [5, 5.41) is 6.57. The lowest BCUT2D eigenvalue weighted by Crippen LogP contribution is -2.54. The number of carbonyl (C=O) groups excluding carboxylic acids is 2. The molecule has 3 amide bonds. The van der Waals surface area contributed by atoms with Crippen molar-refractivity contribution in [3.05, 3.63) is 24.4 Å². The summed E-state index contributed by atoms with van der Waals surface area (Å²) in [6.45, 7) is 7.39. The minimum absolute atomic E-state index is 0.0440. The molecule has 8 heteroatoms. The van der Waals surface area contributed by atoms with Gasteiger partial charge in [-0.1, -0.05) is 25.9 Å². The molecular formula is C15H18N4O4. The van der Waals surface area contributed by atoms with Crippen LogP contribution in [0.25, 0.3) is 11.5 Å². The Kier molecular flexibility index (Phi) is 3.28. The maximum absolute atomic E-state index is 12.7. The van der Waals surface area contributed by atoms with Crippen molar-refractivity contribution in [3.8, 4) is 11.5 Å². The maximum Gasteiger partial charge on any atom is 0.325 e. The molecule has 0 aliphatic carbocycles. The van der Waals surface area contributed by atoms with Crippen LogP contribution in [0.1, 0.15) is 33.5 Å². The molecule has 8 nitrogen and oxygen atoms in total. The molecule has 1 atom stereocenters. The zero-order valence-electron chi connectivity index (χ0n) is 13.4. The summed E-state index contributed by atoms with van der Waals surface area (Å²) in [4.78, 5) is 30.1. The van der Waals surface area contributed by atoms with Gasteiger partial charge < -0.3 is 14.3 Å². The minimum atomic E-state index is -0.971. The van der Waals surface area contributed by atoms with Crippen molar-refractivity contribution in [3.63, 3.8) is 0 Å². The van der Waals surface area contributed by atoms with Crippen molar-refractivity contribution < 1.29 is 18.5 Å². The highest BCUT2D eigenvalue weighted by atomic mass is 16.5. The van der Waals surface area contributed by atoms with E-state index in [1.807, 2.05) is 20.8 Å². The highest BCUT2D eigenvalue weighted by Gasteiger charge is 2.54. The Morgan fingerprint density at radius 3 is 2.65 bits per heavy atom. The van der Waals surface area contributed by atoms with Gasteiger partial charge in [-0.3, -0.25) is 9.69 Å². The number of nitrogens with one attached hydrogen (secondary N) is 1. The largest absolute Gasteiger partial charge is 0.472 e. The molecular weight excluding hydrogens is 300 g/mol. The van der Waals surface area contributed by atoms with E-state index in [1.165, 1.54) is 12.5 Å². The van der Waals surface area contributed by atoms with Gasteiger partial charge in [0.25, 0.3) is 11.8 Å². The molecule has 2 aromatic rings. The van der Waals surface area contributed by atoms with Crippen LogP contribution in [0.2, 0.25) is 0 Å². The third-order valence-electron chi connectivity index (χ3n) is 4.31. The number of urea groups is 1. The Bertz CT molecular complexity index is 744. The Labute approximate surface area is 132 Å². The topological polar surface area (TPSA) is 101 Å². The molecule has 1 aliphatic heterocycles. The van der Waals surface area contributed by atoms with Crippen LogP contribution in [0.3, 0.4) is 0 Å². The lowest BCUT2D eigenvalue weighted by atomic mass is 9.75. The average Bonchev–Trinajstić information content (AvgIpc) is 3.16. The number of hydrogen-bond acceptors (Lipinski definition) is 6. The van der Waals surface area contributed by atoms with Crippen LogP contribution in [0, 0.1) is 5.41 Å². The smallest absolute Gasteiger partial charge is 0.325 e. The first-order valence-electron chi connectivity index (χ1n) is 7.21. The number of rotatable bonds is 3. The van der Waals surface area contributed by atoms with Gasteiger partial charge in [-0.05, 0) is 18.4 Å². The van der Waals surface area contributed by atoms with Crippen molar-refractivity contribution in [2.24, 2.45) is 5.41 Å². The number of amides is 3. The molecule has 23 heavy (non-hydrogen) atoms. The van der Waals surface area contributed by atoms with Gasteiger partial charge in [-0.15, -0.1) is 0 Å². The number of nitrogens with zero attached hydrogens (tertiary/aromatic N) is 3. The second kappa shape index (κ2) is 4.94. The lowest BCUT2D eigenvalue weighted by molar-refractivity contribution is -0.134. The van der Waals surface area contributed by atoms with Crippen molar-refractivity contribution in [2.75, 3.05) is 0 Å². The fraction of sp³-hybridized carbons (Fsp3) is 0.467. The molecule has 0 saturated carbocycles. The third-order valence-corrected chi connectivity index (χ3v) is 4.31. The van der Waals surface area contributed by atoms with Gasteiger partial charge >= 0.3 is 6.03 Å². The molecule has 0 spiro atoms. The van der Waals surface area contributed by atoms with E-state index in [4.69, 9.17) is 8.94 Å². The van der Waals surface area contributed by atoms with Crippen LogP contribution < -0.4 is 5.32 Å². The Morgan fingerprint density at radius 1 is 1.35 bits per heavy atom. The zero-order chi connectivity index (χ0) is 16.8. The number of carbonyl (C=O) groups is 2. The van der Waals surface area contributed by atoms with Crippen LogP contribution in [0.15, 0.2) is 27.5 Å². The van der Waals surface area contributed by atoms with Crippen molar-refractivity contribution in [1.82, 2.24) is 20.4 Å². The van der Waals surface area contributed by atoms with Gasteiger partial charge in [0.1, 0.15) is 11.8 Å². The van der Waals surface area contributed by atoms with E-state index < -0.39 is 17.0 Å². The highest BCUT2D eigenvalue weighted by Crippen LogP contribution is 2.35. The van der Waals surface area contributed by atoms with Gasteiger partial charge in [-0.2, -0.15) is 4.98 Å². The van der Waals surface area contributed by atoms with E-state index in [2.05, 4.69) is 15.5 Å². The second-order valence-electron chi connectivity index (χ2n) is 6.72. The summed E-state index contributed by atoms with van der Waals surface area (Å²) in [5.41, 5.74) is -0.755. The number of furan rings is 1. The number of hydrogen-bond donors (Lipinski definition) is 1. The van der Waals surface area contributed by atoms with E-state index in [9.17, 15) is 9.59 Å². The van der Waals surface area contributed by atoms with Crippen LogP contribution in [0.5, 0.6) is 0 Å². The summed E-state index contributed by atoms with van der Waals surface area (Å²) in [7, 11) is 0. The van der Waals surface area contributed by atoms with Gasteiger partial charge in [0.15, 0.2) is 5.82 Å². The van der Waals surface area contributed by atoms with E-state index >= 15 is 0 Å². The molecule has 1 aliphatic rings. The quantitative estimate of drug-likeness (QED) is 0.870. The van der Waals surface area contributed by atoms with Gasteiger partial charge in [-0.25, -0.2) is 4.79 Å². The van der Waals surface area contributed by atoms with Crippen LogP contribution in [-0.4, -0.2) is 32.5 Å². The molecule has 1 fully saturated rings. The number of aromatic nitrogens is 2. The van der Waals surface area contributed by atoms with Crippen LogP contribution in [0.4, 0.5) is 4.79 Å². The summed E-state index contributed by atoms with van der Waals surface area (Å²) in [6, 6.07) is 1.23. The van der Waals surface area contributed by atoms with Crippen molar-refractivity contribution >= 4 is 11.9 Å². The molecule has 0 unspecified atom stereocenters. The summed E-state index contributed by atoms with van der Waals surface area (Å²) >= 11 is 0. The highest BCUT2D eigenvalue weighted by molar-refractivity contribution is 6.07. The Hall–Kier alpha value is -2.64. The maximum atomic E-state index is 12.7. The summed E-state index contributed by atoms with van der Waals surface area (Å²) < 4.78 is 10.1. The van der Waals surface area contributed by atoms with E-state index in [1.54, 1.807) is 13.0 Å². The first-order valence-corrected chi connectivity index (χ1v) is 7.21. The molecule has 0 bridgehead atoms. The Balaban J connectivity index is 1.81. The van der Waals surface area contributed by atoms with Crippen LogP contribution >= 0.6 is 0 Å². The van der Waals surface area contributed by atoms with E-state index in [0.717, 1.165) is 4.90 Å². The van der Waals surface area contributed by atoms with Gasteiger partial charge in [0.2, 0.25) is 0 Å². The molecule has 122 valence electrons. The first kappa shape index (κ1) is 15.3. The SMILES string of the molecule is CC(C)(C)[C@@]1(C)NC(=O)N(Cc2noc(-c3ccoc3)n2)C1=O. The minimum Gasteiger partial charge on any atom is -0.472 e. The normalized spacial score (nSPS) is 21.8. The monoisotopic (exact) mass is 318 g/mol. The van der Waals surface area contributed by atoms with Gasteiger partial charge in [0, 0.05) is 0 Å². The number of imide groups is 1. The molecule has 1 N–H and O–H groups in total. The molecule has 1 saturated heterocycles. The molecule has 0 radical (unpaired) electrons. The summed E-state index contributed by atoms with van der Waals surface area (Å²) in [5.74, 6) is 0.229. The predicted octanol–water partition coefficient (Wildman–Crippen LogP) is 2.19. The predicted molar refractivity (Wildman–Crippen MR) is 78.9 cm³/mol.